The molecule has 0 bridgehead atoms. The fourth-order valence-electron chi connectivity index (χ4n) is 2.54. The van der Waals surface area contributed by atoms with Crippen molar-refractivity contribution >= 4 is 12.3 Å². The van der Waals surface area contributed by atoms with Gasteiger partial charge in [-0.3, -0.25) is 4.79 Å². The van der Waals surface area contributed by atoms with Gasteiger partial charge in [-0.2, -0.15) is 0 Å². The van der Waals surface area contributed by atoms with Crippen LogP contribution in [0.2, 0.25) is 0 Å². The van der Waals surface area contributed by atoms with Crippen LogP contribution in [0.4, 0.5) is 0 Å². The van der Waals surface area contributed by atoms with Crippen LogP contribution in [-0.4, -0.2) is 30.1 Å². The molecule has 1 N–H and O–H groups in total. The second-order valence-electron chi connectivity index (χ2n) is 4.96. The van der Waals surface area contributed by atoms with Crippen LogP contribution in [0.25, 0.3) is 0 Å². The summed E-state index contributed by atoms with van der Waals surface area (Å²) in [5.74, 6) is -0.477. The molecule has 2 rings (SSSR count). The van der Waals surface area contributed by atoms with Gasteiger partial charge in [0.15, 0.2) is 0 Å². The Morgan fingerprint density at radius 2 is 2.26 bits per heavy atom. The average molecular weight is 262 g/mol. The third-order valence-corrected chi connectivity index (χ3v) is 3.72. The molecule has 1 aliphatic carbocycles. The molecule has 0 unspecified atom stereocenters. The van der Waals surface area contributed by atoms with Crippen LogP contribution < -0.4 is 0 Å². The Labute approximate surface area is 112 Å². The zero-order valence-corrected chi connectivity index (χ0v) is 10.8. The minimum atomic E-state index is -0.376. The van der Waals surface area contributed by atoms with E-state index >= 15 is 0 Å². The number of hydrogen-bond donors (Lipinski definition) is 1. The van der Waals surface area contributed by atoms with Crippen LogP contribution in [0.15, 0.2) is 35.5 Å². The predicted molar refractivity (Wildman–Crippen MR) is 70.3 cm³/mol. The molecule has 0 aromatic rings. The Morgan fingerprint density at radius 3 is 2.95 bits per heavy atom. The lowest BCUT2D eigenvalue weighted by Gasteiger charge is -2.17. The smallest absolute Gasteiger partial charge is 0.334 e. The highest BCUT2D eigenvalue weighted by Gasteiger charge is 2.37. The van der Waals surface area contributed by atoms with E-state index in [1.54, 1.807) is 0 Å². The summed E-state index contributed by atoms with van der Waals surface area (Å²) in [6, 6.07) is 0. The topological polar surface area (TPSA) is 63.6 Å². The zero-order chi connectivity index (χ0) is 13.8. The number of rotatable bonds is 2. The summed E-state index contributed by atoms with van der Waals surface area (Å²) < 4.78 is 5.28. The molecule has 1 heterocycles. The van der Waals surface area contributed by atoms with Gasteiger partial charge in [-0.25, -0.2) is 4.79 Å². The first-order valence-electron chi connectivity index (χ1n) is 6.50. The van der Waals surface area contributed by atoms with E-state index < -0.39 is 0 Å². The highest BCUT2D eigenvalue weighted by Crippen LogP contribution is 2.33. The third kappa shape index (κ3) is 3.01. The zero-order valence-electron chi connectivity index (χ0n) is 10.8. The molecule has 1 fully saturated rings. The van der Waals surface area contributed by atoms with E-state index in [2.05, 4.69) is 6.58 Å². The second-order valence-corrected chi connectivity index (χ2v) is 4.96. The molecule has 19 heavy (non-hydrogen) atoms. The highest BCUT2D eigenvalue weighted by molar-refractivity contribution is 5.91. The van der Waals surface area contributed by atoms with E-state index in [9.17, 15) is 14.7 Å². The Morgan fingerprint density at radius 1 is 1.47 bits per heavy atom. The number of hydrogen-bond acceptors (Lipinski definition) is 4. The van der Waals surface area contributed by atoms with Gasteiger partial charge >= 0.3 is 5.97 Å². The molecule has 0 aromatic carbocycles. The molecule has 0 spiro atoms. The molecule has 1 aliphatic heterocycles. The fraction of sp³-hybridized carbons (Fsp3) is 0.467. The van der Waals surface area contributed by atoms with E-state index in [-0.39, 0.29) is 24.6 Å². The lowest BCUT2D eigenvalue weighted by molar-refractivity contribution is -0.137. The summed E-state index contributed by atoms with van der Waals surface area (Å²) in [7, 11) is 0. The molecular formula is C15H18O4. The van der Waals surface area contributed by atoms with E-state index in [1.165, 1.54) is 0 Å². The molecule has 102 valence electrons. The number of carbonyl (C=O) groups is 2. The first-order chi connectivity index (χ1) is 9.15. The van der Waals surface area contributed by atoms with Crippen molar-refractivity contribution in [1.82, 2.24) is 0 Å². The number of fused-ring (bicyclic) bond motifs is 1. The summed E-state index contributed by atoms with van der Waals surface area (Å²) >= 11 is 0. The van der Waals surface area contributed by atoms with Gasteiger partial charge in [0.05, 0.1) is 6.61 Å². The number of esters is 1. The van der Waals surface area contributed by atoms with Crippen molar-refractivity contribution in [2.45, 2.75) is 31.8 Å². The average Bonchev–Trinajstić information content (AvgIpc) is 2.68. The van der Waals surface area contributed by atoms with Crippen LogP contribution in [0.5, 0.6) is 0 Å². The summed E-state index contributed by atoms with van der Waals surface area (Å²) in [4.78, 5) is 22.5. The van der Waals surface area contributed by atoms with Crippen molar-refractivity contribution in [2.75, 3.05) is 6.61 Å². The first-order valence-corrected chi connectivity index (χ1v) is 6.50. The quantitative estimate of drug-likeness (QED) is 0.356. The Hall–Kier alpha value is -1.68. The summed E-state index contributed by atoms with van der Waals surface area (Å²) in [5, 5.41) is 9.32. The van der Waals surface area contributed by atoms with Crippen molar-refractivity contribution < 1.29 is 19.4 Å². The van der Waals surface area contributed by atoms with Crippen molar-refractivity contribution in [3.63, 3.8) is 0 Å². The van der Waals surface area contributed by atoms with Crippen LogP contribution in [0.3, 0.4) is 0 Å². The second kappa shape index (κ2) is 5.97. The van der Waals surface area contributed by atoms with E-state index in [1.807, 2.05) is 12.2 Å². The number of aldehydes is 1. The number of carbonyl (C=O) groups excluding carboxylic acids is 2. The standard InChI is InChI=1S/C15H18O4/c1-10-13-6-5-11(8-16)3-2-4-12(9-17)7-14(13)19-15(10)18/h3,7-8,13-14,17H,1-2,4-6,9H2/b11-3+,12-7+/t13-,14+/m0/s1. The van der Waals surface area contributed by atoms with Gasteiger partial charge in [-0.05, 0) is 42.9 Å². The molecule has 4 nitrogen and oxygen atoms in total. The van der Waals surface area contributed by atoms with Gasteiger partial charge in [-0.15, -0.1) is 0 Å². The maximum absolute atomic E-state index is 11.6. The van der Waals surface area contributed by atoms with Crippen LogP contribution in [-0.2, 0) is 14.3 Å². The van der Waals surface area contributed by atoms with Gasteiger partial charge in [0.25, 0.3) is 0 Å². The number of aliphatic hydroxyl groups excluding tert-OH is 1. The van der Waals surface area contributed by atoms with Gasteiger partial charge in [0, 0.05) is 11.5 Å². The maximum atomic E-state index is 11.6. The van der Waals surface area contributed by atoms with Crippen molar-refractivity contribution in [2.24, 2.45) is 5.92 Å². The summed E-state index contributed by atoms with van der Waals surface area (Å²) in [5.41, 5.74) is 2.04. The molecule has 0 amide bonds. The molecule has 0 aromatic heterocycles. The summed E-state index contributed by atoms with van der Waals surface area (Å²) in [6.45, 7) is 3.72. The number of ether oxygens (including phenoxy) is 1. The van der Waals surface area contributed by atoms with Crippen LogP contribution in [0.1, 0.15) is 25.7 Å². The molecule has 2 atom stereocenters. The molecule has 0 saturated carbocycles. The van der Waals surface area contributed by atoms with Crippen LogP contribution >= 0.6 is 0 Å². The fourth-order valence-corrected chi connectivity index (χ4v) is 2.54. The molecular weight excluding hydrogens is 244 g/mol. The first kappa shape index (κ1) is 13.7. The monoisotopic (exact) mass is 262 g/mol. The van der Waals surface area contributed by atoms with Gasteiger partial charge in [0.1, 0.15) is 12.4 Å². The van der Waals surface area contributed by atoms with Gasteiger partial charge in [-0.1, -0.05) is 12.7 Å². The van der Waals surface area contributed by atoms with E-state index in [0.29, 0.717) is 31.3 Å². The largest absolute Gasteiger partial charge is 0.454 e. The van der Waals surface area contributed by atoms with Crippen molar-refractivity contribution in [3.8, 4) is 0 Å². The van der Waals surface area contributed by atoms with Crippen molar-refractivity contribution in [3.05, 3.63) is 35.5 Å². The van der Waals surface area contributed by atoms with Gasteiger partial charge in [0.2, 0.25) is 0 Å². The molecule has 2 aliphatic rings. The Kier molecular flexibility index (Phi) is 4.32. The van der Waals surface area contributed by atoms with Gasteiger partial charge < -0.3 is 9.84 Å². The summed E-state index contributed by atoms with van der Waals surface area (Å²) in [6.07, 6.45) is 6.91. The van der Waals surface area contributed by atoms with E-state index in [0.717, 1.165) is 17.4 Å². The van der Waals surface area contributed by atoms with Crippen molar-refractivity contribution in [1.29, 1.82) is 0 Å². The Bertz CT molecular complexity index is 459. The minimum Gasteiger partial charge on any atom is -0.454 e. The predicted octanol–water partition coefficient (Wildman–Crippen LogP) is 1.70. The maximum Gasteiger partial charge on any atom is 0.334 e. The minimum absolute atomic E-state index is 0.0580. The molecule has 4 heteroatoms. The lowest BCUT2D eigenvalue weighted by Crippen LogP contribution is -2.16. The number of aliphatic hydroxyl groups is 1. The lowest BCUT2D eigenvalue weighted by atomic mass is 9.88. The SMILES string of the molecule is C=C1C(=O)O[C@@H]2/C=C(/CO)CC/C=C(/C=O)CC[C@@H]12. The normalized spacial score (nSPS) is 33.5. The van der Waals surface area contributed by atoms with Crippen LogP contribution in [0, 0.1) is 5.92 Å². The molecule has 0 radical (unpaired) electrons. The number of allylic oxidation sites excluding steroid dienone is 2. The third-order valence-electron chi connectivity index (χ3n) is 3.72. The van der Waals surface area contributed by atoms with E-state index in [4.69, 9.17) is 4.74 Å². The highest BCUT2D eigenvalue weighted by atomic mass is 16.5. The Balaban J connectivity index is 2.27. The molecule has 1 saturated heterocycles.